The van der Waals surface area contributed by atoms with Crippen molar-refractivity contribution in [1.29, 1.82) is 0 Å². The molecule has 0 N–H and O–H groups in total. The molecule has 0 aliphatic carbocycles. The maximum absolute atomic E-state index is 13.0. The largest absolute Gasteiger partial charge is 2.00 e. The molecule has 0 amide bonds. The fraction of sp³-hybridized carbons (Fsp3) is 0.0769. The molecule has 0 fully saturated rings. The van der Waals surface area contributed by atoms with Crippen LogP contribution in [-0.2, 0) is 0 Å². The van der Waals surface area contributed by atoms with Gasteiger partial charge in [-0.25, -0.2) is 4.39 Å². The SMILES string of the molecule is Cc1ccc(F)cc1-c1c[c-]ccc1.[Br-].[Mg+2]. The molecule has 0 atom stereocenters. The van der Waals surface area contributed by atoms with Crippen LogP contribution < -0.4 is 17.0 Å². The van der Waals surface area contributed by atoms with Gasteiger partial charge in [0, 0.05) is 0 Å². The van der Waals surface area contributed by atoms with Crippen LogP contribution in [0.15, 0.2) is 42.5 Å². The molecule has 0 aliphatic rings. The first-order chi connectivity index (χ1) is 6.77. The Kier molecular flexibility index (Phi) is 6.87. The van der Waals surface area contributed by atoms with E-state index in [-0.39, 0.29) is 45.9 Å². The van der Waals surface area contributed by atoms with Crippen molar-refractivity contribution >= 4 is 23.1 Å². The molecule has 0 bridgehead atoms. The van der Waals surface area contributed by atoms with Crippen molar-refractivity contribution in [3.8, 4) is 11.1 Å². The van der Waals surface area contributed by atoms with E-state index >= 15 is 0 Å². The van der Waals surface area contributed by atoms with E-state index in [1.54, 1.807) is 12.1 Å². The topological polar surface area (TPSA) is 0 Å². The molecule has 0 saturated heterocycles. The van der Waals surface area contributed by atoms with Gasteiger partial charge in [0.1, 0.15) is 5.82 Å². The van der Waals surface area contributed by atoms with Gasteiger partial charge in [-0.05, 0) is 19.1 Å². The van der Waals surface area contributed by atoms with Gasteiger partial charge in [0.15, 0.2) is 0 Å². The van der Waals surface area contributed by atoms with Crippen LogP contribution in [-0.4, -0.2) is 23.1 Å². The molecular formula is C13H10BrFMg. The third-order valence-electron chi connectivity index (χ3n) is 2.22. The van der Waals surface area contributed by atoms with Gasteiger partial charge in [0.25, 0.3) is 0 Å². The van der Waals surface area contributed by atoms with Gasteiger partial charge in [-0.3, -0.25) is 0 Å². The minimum atomic E-state index is -0.200. The molecule has 2 aromatic carbocycles. The van der Waals surface area contributed by atoms with E-state index < -0.39 is 0 Å². The fourth-order valence-corrected chi connectivity index (χ4v) is 1.47. The first-order valence-corrected chi connectivity index (χ1v) is 4.50. The van der Waals surface area contributed by atoms with Gasteiger partial charge in [-0.15, -0.1) is 5.56 Å². The van der Waals surface area contributed by atoms with Gasteiger partial charge < -0.3 is 17.0 Å². The summed E-state index contributed by atoms with van der Waals surface area (Å²) in [6, 6.07) is 15.4. The molecule has 0 saturated carbocycles. The van der Waals surface area contributed by atoms with E-state index in [0.29, 0.717) is 0 Å². The molecule has 2 rings (SSSR count). The van der Waals surface area contributed by atoms with Gasteiger partial charge in [0.2, 0.25) is 0 Å². The van der Waals surface area contributed by atoms with Gasteiger partial charge in [-0.2, -0.15) is 30.3 Å². The maximum Gasteiger partial charge on any atom is 2.00 e. The summed E-state index contributed by atoms with van der Waals surface area (Å²) in [4.78, 5) is 0. The van der Waals surface area contributed by atoms with Crippen molar-refractivity contribution in [2.24, 2.45) is 0 Å². The van der Waals surface area contributed by atoms with Crippen LogP contribution >= 0.6 is 0 Å². The molecule has 0 spiro atoms. The number of hydrogen-bond acceptors (Lipinski definition) is 0. The molecule has 2 aromatic rings. The monoisotopic (exact) mass is 288 g/mol. The molecule has 78 valence electrons. The summed E-state index contributed by atoms with van der Waals surface area (Å²) in [7, 11) is 0. The van der Waals surface area contributed by atoms with Crippen molar-refractivity contribution in [2.45, 2.75) is 6.92 Å². The smallest absolute Gasteiger partial charge is 1.00 e. The average molecular weight is 289 g/mol. The number of hydrogen-bond donors (Lipinski definition) is 0. The molecule has 16 heavy (non-hydrogen) atoms. The zero-order valence-corrected chi connectivity index (χ0v) is 12.0. The number of benzene rings is 2. The Bertz CT molecular complexity index is 443. The zero-order chi connectivity index (χ0) is 9.97. The Morgan fingerprint density at radius 2 is 1.94 bits per heavy atom. The second-order valence-electron chi connectivity index (χ2n) is 3.25. The van der Waals surface area contributed by atoms with Crippen LogP contribution in [0.25, 0.3) is 11.1 Å². The number of rotatable bonds is 1. The molecule has 3 heteroatoms. The Balaban J connectivity index is 0.00000112. The zero-order valence-electron chi connectivity index (χ0n) is 9.00. The number of aryl methyl sites for hydroxylation is 1. The second-order valence-corrected chi connectivity index (χ2v) is 3.25. The summed E-state index contributed by atoms with van der Waals surface area (Å²) in [5, 5.41) is 0. The van der Waals surface area contributed by atoms with Crippen molar-refractivity contribution < 1.29 is 21.4 Å². The van der Waals surface area contributed by atoms with Gasteiger partial charge >= 0.3 is 23.1 Å². The Labute approximate surface area is 122 Å². The molecular weight excluding hydrogens is 279 g/mol. The third kappa shape index (κ3) is 3.58. The molecule has 0 aromatic heterocycles. The second kappa shape index (κ2) is 7.04. The minimum absolute atomic E-state index is 0. The molecule has 0 aliphatic heterocycles. The Hall–Kier alpha value is -0.384. The quantitative estimate of drug-likeness (QED) is 0.521. The van der Waals surface area contributed by atoms with Crippen LogP contribution in [0.1, 0.15) is 5.56 Å². The Morgan fingerprint density at radius 1 is 1.19 bits per heavy atom. The molecule has 0 nitrogen and oxygen atoms in total. The fourth-order valence-electron chi connectivity index (χ4n) is 1.47. The standard InChI is InChI=1S/C13H10F.BrH.Mg/c1-10-7-8-12(14)9-13(10)11-5-3-2-4-6-11;;/h2-3,5-9H,1H3;1H;/q-1;;+2/p-1. The van der Waals surface area contributed by atoms with E-state index in [1.807, 2.05) is 31.2 Å². The predicted molar refractivity (Wildman–Crippen MR) is 61.2 cm³/mol. The van der Waals surface area contributed by atoms with E-state index in [0.717, 1.165) is 16.7 Å². The summed E-state index contributed by atoms with van der Waals surface area (Å²) >= 11 is 0. The van der Waals surface area contributed by atoms with Crippen LogP contribution in [0, 0.1) is 18.8 Å². The molecule has 0 unspecified atom stereocenters. The summed E-state index contributed by atoms with van der Waals surface area (Å²) in [6.07, 6.45) is 0. The normalized spacial score (nSPS) is 8.88. The number of halogens is 2. The van der Waals surface area contributed by atoms with Crippen molar-refractivity contribution in [2.75, 3.05) is 0 Å². The summed E-state index contributed by atoms with van der Waals surface area (Å²) in [5.41, 5.74) is 3.01. The van der Waals surface area contributed by atoms with Crippen LogP contribution in [0.2, 0.25) is 0 Å². The van der Waals surface area contributed by atoms with Crippen LogP contribution in [0.4, 0.5) is 4.39 Å². The van der Waals surface area contributed by atoms with Crippen molar-refractivity contribution in [1.82, 2.24) is 0 Å². The predicted octanol–water partition coefficient (Wildman–Crippen LogP) is 0.225. The van der Waals surface area contributed by atoms with Crippen molar-refractivity contribution in [3.05, 3.63) is 59.9 Å². The van der Waals surface area contributed by atoms with Gasteiger partial charge in [-0.1, -0.05) is 17.2 Å². The van der Waals surface area contributed by atoms with Crippen LogP contribution in [0.5, 0.6) is 0 Å². The average Bonchev–Trinajstić information content (AvgIpc) is 2.23. The summed E-state index contributed by atoms with van der Waals surface area (Å²) in [5.74, 6) is -0.200. The minimum Gasteiger partial charge on any atom is -1.00 e. The Morgan fingerprint density at radius 3 is 2.56 bits per heavy atom. The van der Waals surface area contributed by atoms with Crippen LogP contribution in [0.3, 0.4) is 0 Å². The molecule has 0 heterocycles. The summed E-state index contributed by atoms with van der Waals surface area (Å²) in [6.45, 7) is 1.97. The van der Waals surface area contributed by atoms with E-state index in [1.165, 1.54) is 6.07 Å². The first-order valence-electron chi connectivity index (χ1n) is 4.50. The van der Waals surface area contributed by atoms with Gasteiger partial charge in [0.05, 0.1) is 0 Å². The first kappa shape index (κ1) is 15.6. The molecule has 0 radical (unpaired) electrons. The maximum atomic E-state index is 13.0. The van der Waals surface area contributed by atoms with E-state index in [2.05, 4.69) is 6.07 Å². The van der Waals surface area contributed by atoms with E-state index in [4.69, 9.17) is 0 Å². The van der Waals surface area contributed by atoms with E-state index in [9.17, 15) is 4.39 Å². The summed E-state index contributed by atoms with van der Waals surface area (Å²) < 4.78 is 13.0. The van der Waals surface area contributed by atoms with Crippen molar-refractivity contribution in [3.63, 3.8) is 0 Å². The third-order valence-corrected chi connectivity index (χ3v) is 2.22.